The van der Waals surface area contributed by atoms with E-state index >= 15 is 0 Å². The van der Waals surface area contributed by atoms with Crippen LogP contribution in [0.3, 0.4) is 0 Å². The quantitative estimate of drug-likeness (QED) is 0.687. The van der Waals surface area contributed by atoms with E-state index in [1.165, 1.54) is 0 Å². The third-order valence-electron chi connectivity index (χ3n) is 2.55. The lowest BCUT2D eigenvalue weighted by atomic mass is 9.93. The highest BCUT2D eigenvalue weighted by Gasteiger charge is 2.33. The average molecular weight is 208 g/mol. The number of aliphatic hydroxyl groups excluding tert-OH is 1. The molecular weight excluding hydrogens is 192 g/mol. The molecule has 78 valence electrons. The second-order valence-corrected chi connectivity index (χ2v) is 5.79. The van der Waals surface area contributed by atoms with Gasteiger partial charge in [0.15, 0.2) is 9.84 Å². The van der Waals surface area contributed by atoms with E-state index in [-0.39, 0.29) is 29.9 Å². The first-order valence-corrected chi connectivity index (χ1v) is 6.21. The van der Waals surface area contributed by atoms with Crippen LogP contribution in [0.1, 0.15) is 6.42 Å². The molecule has 0 amide bonds. The van der Waals surface area contributed by atoms with Gasteiger partial charge in [0.2, 0.25) is 0 Å². The van der Waals surface area contributed by atoms with Crippen molar-refractivity contribution in [2.24, 2.45) is 11.8 Å². The van der Waals surface area contributed by atoms with Crippen molar-refractivity contribution in [1.29, 1.82) is 0 Å². The molecule has 4 nitrogen and oxygen atoms in total. The second-order valence-electron chi connectivity index (χ2n) is 3.56. The van der Waals surface area contributed by atoms with E-state index in [2.05, 4.69) is 0 Å². The molecule has 1 fully saturated rings. The molecule has 0 aromatic carbocycles. The van der Waals surface area contributed by atoms with Crippen LogP contribution in [0.5, 0.6) is 0 Å². The highest BCUT2D eigenvalue weighted by molar-refractivity contribution is 7.91. The summed E-state index contributed by atoms with van der Waals surface area (Å²) in [4.78, 5) is 0. The minimum atomic E-state index is -2.84. The SMILES string of the molecule is COCC(CO)C1CCS(=O)(=O)C1. The molecule has 1 rings (SSSR count). The molecular formula is C8H16O4S. The molecule has 13 heavy (non-hydrogen) atoms. The van der Waals surface area contributed by atoms with Crippen LogP contribution in [-0.4, -0.2) is 45.4 Å². The number of sulfone groups is 1. The first-order chi connectivity index (χ1) is 6.09. The fourth-order valence-corrected chi connectivity index (χ4v) is 3.67. The predicted molar refractivity (Wildman–Crippen MR) is 49.2 cm³/mol. The molecule has 1 heterocycles. The van der Waals surface area contributed by atoms with Crippen molar-refractivity contribution >= 4 is 9.84 Å². The maximum Gasteiger partial charge on any atom is 0.150 e. The fraction of sp³-hybridized carbons (Fsp3) is 1.00. The molecule has 1 aliphatic heterocycles. The lowest BCUT2D eigenvalue weighted by molar-refractivity contribution is 0.0820. The van der Waals surface area contributed by atoms with Crippen molar-refractivity contribution in [2.75, 3.05) is 31.8 Å². The lowest BCUT2D eigenvalue weighted by Gasteiger charge is -2.18. The van der Waals surface area contributed by atoms with Gasteiger partial charge in [0.25, 0.3) is 0 Å². The van der Waals surface area contributed by atoms with Crippen LogP contribution >= 0.6 is 0 Å². The van der Waals surface area contributed by atoms with Gasteiger partial charge in [-0.2, -0.15) is 0 Å². The highest BCUT2D eigenvalue weighted by Crippen LogP contribution is 2.25. The monoisotopic (exact) mass is 208 g/mol. The van der Waals surface area contributed by atoms with Crippen LogP contribution < -0.4 is 0 Å². The predicted octanol–water partition coefficient (Wildman–Crippen LogP) is -0.324. The zero-order valence-electron chi connectivity index (χ0n) is 7.77. The summed E-state index contributed by atoms with van der Waals surface area (Å²) in [7, 11) is -1.27. The molecule has 2 unspecified atom stereocenters. The van der Waals surface area contributed by atoms with Crippen molar-refractivity contribution in [3.63, 3.8) is 0 Å². The van der Waals surface area contributed by atoms with E-state index in [1.54, 1.807) is 7.11 Å². The Labute approximate surface area is 78.8 Å². The van der Waals surface area contributed by atoms with Crippen LogP contribution in [-0.2, 0) is 14.6 Å². The Morgan fingerprint density at radius 3 is 2.69 bits per heavy atom. The summed E-state index contributed by atoms with van der Waals surface area (Å²) in [5.74, 6) is 0.525. The molecule has 0 saturated carbocycles. The highest BCUT2D eigenvalue weighted by atomic mass is 32.2. The summed E-state index contributed by atoms with van der Waals surface area (Å²) < 4.78 is 27.2. The van der Waals surface area contributed by atoms with Gasteiger partial charge in [-0.25, -0.2) is 8.42 Å². The number of methoxy groups -OCH3 is 1. The summed E-state index contributed by atoms with van der Waals surface area (Å²) in [5.41, 5.74) is 0. The van der Waals surface area contributed by atoms with Gasteiger partial charge >= 0.3 is 0 Å². The molecule has 0 radical (unpaired) electrons. The van der Waals surface area contributed by atoms with Crippen molar-refractivity contribution in [3.05, 3.63) is 0 Å². The maximum absolute atomic E-state index is 11.1. The van der Waals surface area contributed by atoms with E-state index < -0.39 is 9.84 Å². The van der Waals surface area contributed by atoms with Crippen molar-refractivity contribution in [2.45, 2.75) is 6.42 Å². The van der Waals surface area contributed by atoms with Gasteiger partial charge in [-0.05, 0) is 12.3 Å². The van der Waals surface area contributed by atoms with Gasteiger partial charge in [0.1, 0.15) is 0 Å². The molecule has 1 aliphatic rings. The molecule has 1 saturated heterocycles. The Kier molecular flexibility index (Phi) is 3.70. The van der Waals surface area contributed by atoms with Gasteiger partial charge in [-0.1, -0.05) is 0 Å². The normalized spacial score (nSPS) is 28.9. The summed E-state index contributed by atoms with van der Waals surface area (Å²) in [5, 5.41) is 9.01. The Hall–Kier alpha value is -0.130. The summed E-state index contributed by atoms with van der Waals surface area (Å²) >= 11 is 0. The molecule has 0 aromatic rings. The second kappa shape index (κ2) is 4.39. The molecule has 1 N–H and O–H groups in total. The van der Waals surface area contributed by atoms with E-state index in [9.17, 15) is 8.42 Å². The number of aliphatic hydroxyl groups is 1. The van der Waals surface area contributed by atoms with Crippen molar-refractivity contribution < 1.29 is 18.3 Å². The minimum Gasteiger partial charge on any atom is -0.396 e. The average Bonchev–Trinajstić information content (AvgIpc) is 2.42. The molecule has 2 atom stereocenters. The molecule has 0 aliphatic carbocycles. The Bertz CT molecular complexity index is 247. The zero-order chi connectivity index (χ0) is 9.90. The molecule has 0 spiro atoms. The van der Waals surface area contributed by atoms with Gasteiger partial charge in [0.05, 0.1) is 18.1 Å². The number of hydrogen-bond donors (Lipinski definition) is 1. The molecule has 0 bridgehead atoms. The summed E-state index contributed by atoms with van der Waals surface area (Å²) in [6.45, 7) is 0.449. The first kappa shape index (κ1) is 10.9. The van der Waals surface area contributed by atoms with Crippen LogP contribution in [0.15, 0.2) is 0 Å². The van der Waals surface area contributed by atoms with E-state index in [0.29, 0.717) is 13.0 Å². The summed E-state index contributed by atoms with van der Waals surface area (Å²) in [6, 6.07) is 0. The third-order valence-corrected chi connectivity index (χ3v) is 4.34. The number of ether oxygens (including phenoxy) is 1. The Morgan fingerprint density at radius 1 is 1.62 bits per heavy atom. The van der Waals surface area contributed by atoms with E-state index in [0.717, 1.165) is 0 Å². The molecule has 0 aromatic heterocycles. The smallest absolute Gasteiger partial charge is 0.150 e. The lowest BCUT2D eigenvalue weighted by Crippen LogP contribution is -2.24. The summed E-state index contributed by atoms with van der Waals surface area (Å²) in [6.07, 6.45) is 0.664. The number of hydrogen-bond acceptors (Lipinski definition) is 4. The van der Waals surface area contributed by atoms with Gasteiger partial charge < -0.3 is 9.84 Å². The number of rotatable bonds is 4. The van der Waals surface area contributed by atoms with E-state index in [1.807, 2.05) is 0 Å². The van der Waals surface area contributed by atoms with Crippen molar-refractivity contribution in [3.8, 4) is 0 Å². The fourth-order valence-electron chi connectivity index (χ4n) is 1.75. The first-order valence-electron chi connectivity index (χ1n) is 4.39. The van der Waals surface area contributed by atoms with Gasteiger partial charge in [-0.3, -0.25) is 0 Å². The van der Waals surface area contributed by atoms with Crippen LogP contribution in [0.25, 0.3) is 0 Å². The Morgan fingerprint density at radius 2 is 2.31 bits per heavy atom. The topological polar surface area (TPSA) is 63.6 Å². The van der Waals surface area contributed by atoms with Crippen LogP contribution in [0.4, 0.5) is 0 Å². The Balaban J connectivity index is 2.52. The zero-order valence-corrected chi connectivity index (χ0v) is 8.59. The largest absolute Gasteiger partial charge is 0.396 e. The van der Waals surface area contributed by atoms with Crippen LogP contribution in [0, 0.1) is 11.8 Å². The maximum atomic E-state index is 11.1. The minimum absolute atomic E-state index is 0.00796. The van der Waals surface area contributed by atoms with Gasteiger partial charge in [-0.15, -0.1) is 0 Å². The van der Waals surface area contributed by atoms with Crippen molar-refractivity contribution in [1.82, 2.24) is 0 Å². The standard InChI is InChI=1S/C8H16O4S/c1-12-5-8(4-9)7-2-3-13(10,11)6-7/h7-9H,2-6H2,1H3. The molecule has 5 heteroatoms. The van der Waals surface area contributed by atoms with E-state index in [4.69, 9.17) is 9.84 Å². The third kappa shape index (κ3) is 2.93. The van der Waals surface area contributed by atoms with Crippen LogP contribution in [0.2, 0.25) is 0 Å². The van der Waals surface area contributed by atoms with Gasteiger partial charge in [0, 0.05) is 19.6 Å².